The number of benzene rings is 1. The molecule has 0 bridgehead atoms. The van der Waals surface area contributed by atoms with Crippen molar-refractivity contribution in [2.75, 3.05) is 18.0 Å². The van der Waals surface area contributed by atoms with Crippen LogP contribution in [0.3, 0.4) is 0 Å². The van der Waals surface area contributed by atoms with Crippen molar-refractivity contribution in [3.8, 4) is 0 Å². The summed E-state index contributed by atoms with van der Waals surface area (Å²) in [5.74, 6) is 0.0289. The van der Waals surface area contributed by atoms with E-state index in [1.165, 1.54) is 0 Å². The molecule has 104 valence electrons. The number of primary amides is 1. The Morgan fingerprint density at radius 2 is 2.26 bits per heavy atom. The van der Waals surface area contributed by atoms with Crippen molar-refractivity contribution >= 4 is 23.2 Å². The molecule has 0 radical (unpaired) electrons. The lowest BCUT2D eigenvalue weighted by molar-refractivity contribution is 0.100. The SMILES string of the molecule is CCC1CN(c2ccc(C(N)=O)cc2Cl)CCC1N. The number of rotatable bonds is 3. The topological polar surface area (TPSA) is 72.3 Å². The Morgan fingerprint density at radius 3 is 2.84 bits per heavy atom. The second-order valence-corrected chi connectivity index (χ2v) is 5.50. The number of carbonyl (C=O) groups is 1. The second-order valence-electron chi connectivity index (χ2n) is 5.10. The third-order valence-electron chi connectivity index (χ3n) is 3.89. The highest BCUT2D eigenvalue weighted by atomic mass is 35.5. The summed E-state index contributed by atoms with van der Waals surface area (Å²) in [4.78, 5) is 13.4. The summed E-state index contributed by atoms with van der Waals surface area (Å²) >= 11 is 6.25. The van der Waals surface area contributed by atoms with E-state index in [0.29, 0.717) is 16.5 Å². The highest BCUT2D eigenvalue weighted by Gasteiger charge is 2.26. The first kappa shape index (κ1) is 14.2. The first-order valence-electron chi connectivity index (χ1n) is 6.62. The molecule has 2 rings (SSSR count). The van der Waals surface area contributed by atoms with Crippen molar-refractivity contribution in [1.82, 2.24) is 0 Å². The molecule has 1 fully saturated rings. The predicted octanol–water partition coefficient (Wildman–Crippen LogP) is 2.00. The Balaban J connectivity index is 2.20. The molecule has 1 aliphatic rings. The third-order valence-corrected chi connectivity index (χ3v) is 4.19. The minimum absolute atomic E-state index is 0.268. The summed E-state index contributed by atoms with van der Waals surface area (Å²) in [5.41, 5.74) is 12.8. The minimum Gasteiger partial charge on any atom is -0.370 e. The van der Waals surface area contributed by atoms with Gasteiger partial charge in [0, 0.05) is 24.7 Å². The van der Waals surface area contributed by atoms with Gasteiger partial charge in [-0.05, 0) is 30.5 Å². The molecule has 2 unspecified atom stereocenters. The molecule has 0 spiro atoms. The average Bonchev–Trinajstić information content (AvgIpc) is 2.39. The van der Waals surface area contributed by atoms with Gasteiger partial charge < -0.3 is 16.4 Å². The lowest BCUT2D eigenvalue weighted by atomic mass is 9.90. The van der Waals surface area contributed by atoms with Gasteiger partial charge in [-0.1, -0.05) is 24.9 Å². The fraction of sp³-hybridized carbons (Fsp3) is 0.500. The highest BCUT2D eigenvalue weighted by Crippen LogP contribution is 2.31. The van der Waals surface area contributed by atoms with Gasteiger partial charge in [0.05, 0.1) is 10.7 Å². The molecule has 1 aromatic carbocycles. The van der Waals surface area contributed by atoms with Gasteiger partial charge >= 0.3 is 0 Å². The lowest BCUT2D eigenvalue weighted by Gasteiger charge is -2.38. The summed E-state index contributed by atoms with van der Waals surface area (Å²) < 4.78 is 0. The highest BCUT2D eigenvalue weighted by molar-refractivity contribution is 6.33. The molecule has 4 N–H and O–H groups in total. The molecular formula is C14H20ClN3O. The fourth-order valence-electron chi connectivity index (χ4n) is 2.62. The van der Waals surface area contributed by atoms with Crippen molar-refractivity contribution in [2.45, 2.75) is 25.8 Å². The van der Waals surface area contributed by atoms with E-state index in [4.69, 9.17) is 23.1 Å². The van der Waals surface area contributed by atoms with Gasteiger partial charge in [0.15, 0.2) is 0 Å². The van der Waals surface area contributed by atoms with E-state index in [1.54, 1.807) is 12.1 Å². The van der Waals surface area contributed by atoms with Crippen molar-refractivity contribution in [1.29, 1.82) is 0 Å². The molecule has 1 amide bonds. The van der Waals surface area contributed by atoms with Crippen LogP contribution in [0.5, 0.6) is 0 Å². The Labute approximate surface area is 118 Å². The molecule has 2 atom stereocenters. The third kappa shape index (κ3) is 3.01. The van der Waals surface area contributed by atoms with Crippen molar-refractivity contribution in [2.24, 2.45) is 17.4 Å². The van der Waals surface area contributed by atoms with Crippen molar-refractivity contribution in [3.05, 3.63) is 28.8 Å². The zero-order valence-corrected chi connectivity index (χ0v) is 11.9. The summed E-state index contributed by atoms with van der Waals surface area (Å²) in [6, 6.07) is 5.49. The minimum atomic E-state index is -0.458. The average molecular weight is 282 g/mol. The fourth-order valence-corrected chi connectivity index (χ4v) is 2.92. The van der Waals surface area contributed by atoms with E-state index in [2.05, 4.69) is 11.8 Å². The van der Waals surface area contributed by atoms with E-state index in [1.807, 2.05) is 6.07 Å². The van der Waals surface area contributed by atoms with Gasteiger partial charge in [-0.2, -0.15) is 0 Å². The second kappa shape index (κ2) is 5.80. The quantitative estimate of drug-likeness (QED) is 0.890. The van der Waals surface area contributed by atoms with Crippen LogP contribution < -0.4 is 16.4 Å². The van der Waals surface area contributed by atoms with E-state index in [-0.39, 0.29) is 6.04 Å². The maximum absolute atomic E-state index is 11.1. The van der Waals surface area contributed by atoms with Gasteiger partial charge in [-0.25, -0.2) is 0 Å². The summed E-state index contributed by atoms with van der Waals surface area (Å²) in [6.07, 6.45) is 2.03. The molecular weight excluding hydrogens is 262 g/mol. The molecule has 5 heteroatoms. The van der Waals surface area contributed by atoms with E-state index >= 15 is 0 Å². The Kier molecular flexibility index (Phi) is 4.32. The van der Waals surface area contributed by atoms with Crippen LogP contribution in [0, 0.1) is 5.92 Å². The van der Waals surface area contributed by atoms with Gasteiger partial charge in [0.1, 0.15) is 0 Å². The number of nitrogens with zero attached hydrogens (tertiary/aromatic N) is 1. The zero-order chi connectivity index (χ0) is 14.0. The van der Waals surface area contributed by atoms with E-state index in [9.17, 15) is 4.79 Å². The molecule has 0 aliphatic carbocycles. The smallest absolute Gasteiger partial charge is 0.248 e. The molecule has 0 saturated carbocycles. The zero-order valence-electron chi connectivity index (χ0n) is 11.1. The summed E-state index contributed by atoms with van der Waals surface area (Å²) in [5, 5.41) is 0.571. The van der Waals surface area contributed by atoms with Gasteiger partial charge in [-0.3, -0.25) is 4.79 Å². The maximum atomic E-state index is 11.1. The lowest BCUT2D eigenvalue weighted by Crippen LogP contribution is -2.47. The number of hydrogen-bond acceptors (Lipinski definition) is 3. The number of halogens is 1. The molecule has 1 heterocycles. The largest absolute Gasteiger partial charge is 0.370 e. The number of carbonyl (C=O) groups excluding carboxylic acids is 1. The summed E-state index contributed by atoms with van der Waals surface area (Å²) in [7, 11) is 0. The molecule has 4 nitrogen and oxygen atoms in total. The van der Waals surface area contributed by atoms with Crippen LogP contribution in [0.2, 0.25) is 5.02 Å². The van der Waals surface area contributed by atoms with Crippen LogP contribution in [0.4, 0.5) is 5.69 Å². The van der Waals surface area contributed by atoms with Crippen LogP contribution in [0.25, 0.3) is 0 Å². The van der Waals surface area contributed by atoms with Crippen LogP contribution in [-0.2, 0) is 0 Å². The molecule has 0 aromatic heterocycles. The van der Waals surface area contributed by atoms with E-state index in [0.717, 1.165) is 31.6 Å². The van der Waals surface area contributed by atoms with Crippen molar-refractivity contribution < 1.29 is 4.79 Å². The molecule has 1 aliphatic heterocycles. The Hall–Kier alpha value is -1.26. The van der Waals surface area contributed by atoms with Crippen LogP contribution in [-0.4, -0.2) is 25.0 Å². The molecule has 1 aromatic rings. The number of amides is 1. The number of hydrogen-bond donors (Lipinski definition) is 2. The van der Waals surface area contributed by atoms with Gasteiger partial charge in [0.2, 0.25) is 5.91 Å². The van der Waals surface area contributed by atoms with Gasteiger partial charge in [0.25, 0.3) is 0 Å². The maximum Gasteiger partial charge on any atom is 0.248 e. The van der Waals surface area contributed by atoms with Gasteiger partial charge in [-0.15, -0.1) is 0 Å². The monoisotopic (exact) mass is 281 g/mol. The Morgan fingerprint density at radius 1 is 1.53 bits per heavy atom. The first-order valence-corrected chi connectivity index (χ1v) is 7.00. The standard InChI is InChI=1S/C14H20ClN3O/c1-2-9-8-18(6-5-12(9)16)13-4-3-10(14(17)19)7-11(13)15/h3-4,7,9,12H,2,5-6,8,16H2,1H3,(H2,17,19). The van der Waals surface area contributed by atoms with Crippen molar-refractivity contribution in [3.63, 3.8) is 0 Å². The number of nitrogens with two attached hydrogens (primary N) is 2. The summed E-state index contributed by atoms with van der Waals surface area (Å²) in [6.45, 7) is 3.96. The number of anilines is 1. The Bertz CT molecular complexity index is 478. The molecule has 19 heavy (non-hydrogen) atoms. The van der Waals surface area contributed by atoms with Crippen LogP contribution in [0.1, 0.15) is 30.1 Å². The van der Waals surface area contributed by atoms with E-state index < -0.39 is 5.91 Å². The normalized spacial score (nSPS) is 23.4. The predicted molar refractivity (Wildman–Crippen MR) is 78.6 cm³/mol. The number of piperidine rings is 1. The van der Waals surface area contributed by atoms with Crippen LogP contribution in [0.15, 0.2) is 18.2 Å². The van der Waals surface area contributed by atoms with Crippen LogP contribution >= 0.6 is 11.6 Å². The first-order chi connectivity index (χ1) is 9.02. The molecule has 1 saturated heterocycles.